The molecule has 4 aromatic rings. The van der Waals surface area contributed by atoms with Crippen molar-refractivity contribution in [1.82, 2.24) is 24.1 Å². The van der Waals surface area contributed by atoms with Gasteiger partial charge >= 0.3 is 0 Å². The molecule has 1 N–H and O–H groups in total. The second-order valence-electron chi connectivity index (χ2n) is 8.63. The maximum atomic E-state index is 13.7. The summed E-state index contributed by atoms with van der Waals surface area (Å²) in [5, 5.41) is 15.3. The number of ether oxygens (including phenoxy) is 1. The van der Waals surface area contributed by atoms with Gasteiger partial charge in [-0.2, -0.15) is 4.98 Å². The summed E-state index contributed by atoms with van der Waals surface area (Å²) in [6.07, 6.45) is 6.36. The minimum absolute atomic E-state index is 0.0469. The van der Waals surface area contributed by atoms with Gasteiger partial charge in [0.25, 0.3) is 11.4 Å². The molecule has 2 aliphatic rings. The quantitative estimate of drug-likeness (QED) is 0.503. The summed E-state index contributed by atoms with van der Waals surface area (Å²) in [4.78, 5) is 22.6. The first-order chi connectivity index (χ1) is 15.5. The maximum absolute atomic E-state index is 13.7. The SMILES string of the molecule is O=c1c2c(-c3noc(C4(O)CCCC4)n3)ncn2c2cccc(Cl)c2n1CC1CCCO1. The third kappa shape index (κ3) is 2.99. The number of benzene rings is 1. The first-order valence-corrected chi connectivity index (χ1v) is 11.3. The van der Waals surface area contributed by atoms with Gasteiger partial charge in [-0.05, 0) is 50.7 Å². The summed E-state index contributed by atoms with van der Waals surface area (Å²) in [5.41, 5.74) is 0.681. The van der Waals surface area contributed by atoms with E-state index < -0.39 is 5.60 Å². The van der Waals surface area contributed by atoms with Crippen molar-refractivity contribution in [2.75, 3.05) is 6.61 Å². The largest absolute Gasteiger partial charge is 0.380 e. The fraction of sp³-hybridized carbons (Fsp3) is 0.455. The predicted molar refractivity (Wildman–Crippen MR) is 117 cm³/mol. The van der Waals surface area contributed by atoms with E-state index in [1.54, 1.807) is 21.4 Å². The van der Waals surface area contributed by atoms with Gasteiger partial charge in [0, 0.05) is 6.61 Å². The highest BCUT2D eigenvalue weighted by atomic mass is 35.5. The van der Waals surface area contributed by atoms with Crippen LogP contribution in [0.1, 0.15) is 44.4 Å². The van der Waals surface area contributed by atoms with E-state index in [1.807, 2.05) is 12.1 Å². The van der Waals surface area contributed by atoms with Crippen molar-refractivity contribution in [3.05, 3.63) is 45.8 Å². The Hall–Kier alpha value is -2.75. The number of aliphatic hydroxyl groups is 1. The van der Waals surface area contributed by atoms with Crippen molar-refractivity contribution < 1.29 is 14.4 Å². The van der Waals surface area contributed by atoms with E-state index in [-0.39, 0.29) is 23.4 Å². The van der Waals surface area contributed by atoms with Gasteiger partial charge in [0.1, 0.15) is 23.1 Å². The lowest BCUT2D eigenvalue weighted by molar-refractivity contribution is 0.0112. The van der Waals surface area contributed by atoms with E-state index in [2.05, 4.69) is 15.1 Å². The van der Waals surface area contributed by atoms with Gasteiger partial charge in [-0.3, -0.25) is 9.20 Å². The lowest BCUT2D eigenvalue weighted by Gasteiger charge is -2.17. The van der Waals surface area contributed by atoms with E-state index in [0.29, 0.717) is 47.7 Å². The summed E-state index contributed by atoms with van der Waals surface area (Å²) in [6, 6.07) is 5.51. The zero-order valence-electron chi connectivity index (χ0n) is 17.3. The van der Waals surface area contributed by atoms with Crippen LogP contribution in [0.3, 0.4) is 0 Å². The normalized spacial score (nSPS) is 20.6. The smallest absolute Gasteiger partial charge is 0.277 e. The van der Waals surface area contributed by atoms with Crippen LogP contribution in [0, 0.1) is 0 Å². The molecule has 1 unspecified atom stereocenters. The summed E-state index contributed by atoms with van der Waals surface area (Å²) < 4.78 is 14.6. The van der Waals surface area contributed by atoms with Crippen LogP contribution in [-0.2, 0) is 16.9 Å². The van der Waals surface area contributed by atoms with E-state index in [9.17, 15) is 9.90 Å². The molecular formula is C22H22ClN5O4. The van der Waals surface area contributed by atoms with Crippen LogP contribution >= 0.6 is 11.6 Å². The Kier molecular flexibility index (Phi) is 4.60. The molecule has 10 heteroatoms. The van der Waals surface area contributed by atoms with Crippen LogP contribution in [0.25, 0.3) is 28.1 Å². The Morgan fingerprint density at radius 2 is 2.06 bits per heavy atom. The number of imidazole rings is 1. The number of fused-ring (bicyclic) bond motifs is 3. The zero-order valence-corrected chi connectivity index (χ0v) is 18.1. The summed E-state index contributed by atoms with van der Waals surface area (Å²) in [7, 11) is 0. The van der Waals surface area contributed by atoms with Gasteiger partial charge in [-0.1, -0.05) is 22.8 Å². The lowest BCUT2D eigenvalue weighted by atomic mass is 10.0. The van der Waals surface area contributed by atoms with Crippen LogP contribution in [0.4, 0.5) is 0 Å². The molecule has 1 aromatic carbocycles. The molecule has 3 aromatic heterocycles. The number of halogens is 1. The van der Waals surface area contributed by atoms with Crippen molar-refractivity contribution in [3.8, 4) is 11.5 Å². The van der Waals surface area contributed by atoms with Crippen LogP contribution in [0.5, 0.6) is 0 Å². The first-order valence-electron chi connectivity index (χ1n) is 10.9. The molecule has 0 spiro atoms. The molecule has 2 fully saturated rings. The highest BCUT2D eigenvalue weighted by molar-refractivity contribution is 6.35. The average molecular weight is 456 g/mol. The van der Waals surface area contributed by atoms with Crippen molar-refractivity contribution in [2.24, 2.45) is 0 Å². The van der Waals surface area contributed by atoms with Crippen molar-refractivity contribution >= 4 is 28.2 Å². The Bertz CT molecular complexity index is 1380. The number of para-hydroxylation sites is 1. The molecule has 1 aliphatic carbocycles. The summed E-state index contributed by atoms with van der Waals surface area (Å²) in [5.74, 6) is 0.361. The number of aromatic nitrogens is 5. The van der Waals surface area contributed by atoms with Gasteiger partial charge < -0.3 is 18.9 Å². The Labute approximate surface area is 187 Å². The fourth-order valence-electron chi connectivity index (χ4n) is 4.94. The number of hydrogen-bond donors (Lipinski definition) is 1. The van der Waals surface area contributed by atoms with Crippen molar-refractivity contribution in [3.63, 3.8) is 0 Å². The number of rotatable bonds is 4. The van der Waals surface area contributed by atoms with Gasteiger partial charge in [0.2, 0.25) is 5.82 Å². The third-order valence-electron chi connectivity index (χ3n) is 6.59. The molecule has 6 rings (SSSR count). The molecular weight excluding hydrogens is 434 g/mol. The zero-order chi connectivity index (χ0) is 21.9. The van der Waals surface area contributed by atoms with Crippen LogP contribution in [0.2, 0.25) is 5.02 Å². The van der Waals surface area contributed by atoms with E-state index in [0.717, 1.165) is 31.2 Å². The number of nitrogens with zero attached hydrogens (tertiary/aromatic N) is 5. The molecule has 9 nitrogen and oxygen atoms in total. The van der Waals surface area contributed by atoms with Gasteiger partial charge in [-0.15, -0.1) is 0 Å². The fourth-order valence-corrected chi connectivity index (χ4v) is 5.21. The molecule has 1 saturated heterocycles. The second kappa shape index (κ2) is 7.40. The Morgan fingerprint density at radius 1 is 1.22 bits per heavy atom. The molecule has 166 valence electrons. The molecule has 0 bridgehead atoms. The summed E-state index contributed by atoms with van der Waals surface area (Å²) in [6.45, 7) is 1.09. The topological polar surface area (TPSA) is 108 Å². The molecule has 1 atom stereocenters. The van der Waals surface area contributed by atoms with E-state index >= 15 is 0 Å². The van der Waals surface area contributed by atoms with Crippen molar-refractivity contribution in [1.29, 1.82) is 0 Å². The first kappa shape index (κ1) is 19.9. The molecule has 1 aliphatic heterocycles. The van der Waals surface area contributed by atoms with Crippen LogP contribution < -0.4 is 5.56 Å². The minimum Gasteiger partial charge on any atom is -0.380 e. The third-order valence-corrected chi connectivity index (χ3v) is 6.89. The predicted octanol–water partition coefficient (Wildman–Crippen LogP) is 3.29. The van der Waals surface area contributed by atoms with Gasteiger partial charge in [-0.25, -0.2) is 4.98 Å². The lowest BCUT2D eigenvalue weighted by Crippen LogP contribution is -2.28. The number of hydrogen-bond acceptors (Lipinski definition) is 7. The van der Waals surface area contributed by atoms with Gasteiger partial charge in [0.15, 0.2) is 0 Å². The van der Waals surface area contributed by atoms with Gasteiger partial charge in [0.05, 0.1) is 28.7 Å². The highest BCUT2D eigenvalue weighted by Crippen LogP contribution is 2.38. The van der Waals surface area contributed by atoms with Crippen LogP contribution in [0.15, 0.2) is 33.8 Å². The minimum atomic E-state index is -1.11. The Balaban J connectivity index is 1.56. The van der Waals surface area contributed by atoms with E-state index in [4.69, 9.17) is 20.9 Å². The van der Waals surface area contributed by atoms with Crippen LogP contribution in [-0.4, -0.2) is 41.9 Å². The molecule has 0 amide bonds. The molecule has 0 radical (unpaired) electrons. The highest BCUT2D eigenvalue weighted by Gasteiger charge is 2.39. The molecule has 1 saturated carbocycles. The van der Waals surface area contributed by atoms with Crippen molar-refractivity contribution in [2.45, 2.75) is 56.8 Å². The second-order valence-corrected chi connectivity index (χ2v) is 9.04. The standard InChI is InChI=1S/C22H22ClN5O4/c23-14-6-3-7-15-17(14)27(11-13-5-4-10-31-13)20(29)18-16(24-12-28(15)18)19-25-21(32-26-19)22(30)8-1-2-9-22/h3,6-7,12-13,30H,1-2,4-5,8-11H2. The average Bonchev–Trinajstić information content (AvgIpc) is 3.58. The van der Waals surface area contributed by atoms with E-state index in [1.165, 1.54) is 0 Å². The Morgan fingerprint density at radius 3 is 2.84 bits per heavy atom. The monoisotopic (exact) mass is 455 g/mol. The summed E-state index contributed by atoms with van der Waals surface area (Å²) >= 11 is 6.53. The molecule has 4 heterocycles. The maximum Gasteiger partial charge on any atom is 0.277 e. The molecule has 32 heavy (non-hydrogen) atoms.